The molecule has 16 heavy (non-hydrogen) atoms. The first kappa shape index (κ1) is 13.6. The van der Waals surface area contributed by atoms with Gasteiger partial charge in [-0.1, -0.05) is 23.7 Å². The topological polar surface area (TPSA) is 20.3 Å². The highest BCUT2D eigenvalue weighted by Crippen LogP contribution is 2.17. The first-order chi connectivity index (χ1) is 7.61. The minimum Gasteiger partial charge on any atom is -0.309 e. The Balaban J connectivity index is 2.39. The van der Waals surface area contributed by atoms with Gasteiger partial charge in [-0.3, -0.25) is 4.79 Å². The number of hydrogen-bond acceptors (Lipinski definition) is 3. The van der Waals surface area contributed by atoms with Gasteiger partial charge in [-0.25, -0.2) is 0 Å². The lowest BCUT2D eigenvalue weighted by Gasteiger charge is -2.08. The Labute approximate surface area is 106 Å². The monoisotopic (exact) mass is 257 g/mol. The number of thioether (sulfide) groups is 1. The number of carbonyl (C=O) groups excluding carboxylic acids is 1. The smallest absolute Gasteiger partial charge is 0.174 e. The van der Waals surface area contributed by atoms with Gasteiger partial charge in [0.15, 0.2) is 5.78 Å². The Kier molecular flexibility index (Phi) is 5.88. The van der Waals surface area contributed by atoms with Crippen LogP contribution in [0.1, 0.15) is 10.4 Å². The van der Waals surface area contributed by atoms with Crippen LogP contribution in [-0.2, 0) is 0 Å². The van der Waals surface area contributed by atoms with Crippen LogP contribution in [0.25, 0.3) is 0 Å². The van der Waals surface area contributed by atoms with Gasteiger partial charge >= 0.3 is 0 Å². The van der Waals surface area contributed by atoms with E-state index in [-0.39, 0.29) is 5.78 Å². The van der Waals surface area contributed by atoms with Gasteiger partial charge in [0.05, 0.1) is 10.8 Å². The maximum absolute atomic E-state index is 11.8. The third-order valence-corrected chi connectivity index (χ3v) is 3.36. The summed E-state index contributed by atoms with van der Waals surface area (Å²) in [5.74, 6) is 1.56. The number of hydrogen-bond donors (Lipinski definition) is 0. The summed E-state index contributed by atoms with van der Waals surface area (Å²) in [6, 6.07) is 7.19. The van der Waals surface area contributed by atoms with E-state index in [1.54, 1.807) is 23.9 Å². The fourth-order valence-electron chi connectivity index (χ4n) is 1.18. The second kappa shape index (κ2) is 6.94. The summed E-state index contributed by atoms with van der Waals surface area (Å²) in [7, 11) is 4.05. The Morgan fingerprint density at radius 2 is 2.06 bits per heavy atom. The largest absolute Gasteiger partial charge is 0.309 e. The van der Waals surface area contributed by atoms with Crippen LogP contribution in [0.5, 0.6) is 0 Å². The zero-order valence-corrected chi connectivity index (χ0v) is 11.1. The highest BCUT2D eigenvalue weighted by atomic mass is 35.5. The molecule has 4 heteroatoms. The van der Waals surface area contributed by atoms with Gasteiger partial charge in [-0.2, -0.15) is 11.8 Å². The molecule has 1 aromatic rings. The fourth-order valence-corrected chi connectivity index (χ4v) is 2.40. The molecule has 0 atom stereocenters. The number of nitrogens with zero attached hydrogens (tertiary/aromatic N) is 1. The number of Topliss-reactive ketones (excluding diaryl/α,β-unsaturated/α-hetero) is 1. The van der Waals surface area contributed by atoms with E-state index < -0.39 is 0 Å². The lowest BCUT2D eigenvalue weighted by molar-refractivity contribution is 0.102. The number of rotatable bonds is 6. The lowest BCUT2D eigenvalue weighted by atomic mass is 10.1. The maximum Gasteiger partial charge on any atom is 0.174 e. The van der Waals surface area contributed by atoms with Crippen molar-refractivity contribution in [2.45, 2.75) is 0 Å². The van der Waals surface area contributed by atoms with E-state index in [2.05, 4.69) is 4.90 Å². The third-order valence-electron chi connectivity index (χ3n) is 2.09. The first-order valence-electron chi connectivity index (χ1n) is 5.11. The van der Waals surface area contributed by atoms with E-state index in [9.17, 15) is 4.79 Å². The van der Waals surface area contributed by atoms with Crippen molar-refractivity contribution in [2.75, 3.05) is 32.1 Å². The summed E-state index contributed by atoms with van der Waals surface area (Å²) in [6.07, 6.45) is 0. The van der Waals surface area contributed by atoms with Crippen molar-refractivity contribution in [1.29, 1.82) is 0 Å². The van der Waals surface area contributed by atoms with Crippen LogP contribution in [0.3, 0.4) is 0 Å². The number of benzene rings is 1. The van der Waals surface area contributed by atoms with Crippen LogP contribution >= 0.6 is 23.4 Å². The predicted octanol–water partition coefficient (Wildman–Crippen LogP) is 2.82. The van der Waals surface area contributed by atoms with E-state index in [0.717, 1.165) is 12.3 Å². The van der Waals surface area contributed by atoms with E-state index >= 15 is 0 Å². The molecule has 1 aromatic carbocycles. The minimum absolute atomic E-state index is 0.106. The molecule has 0 unspecified atom stereocenters. The summed E-state index contributed by atoms with van der Waals surface area (Å²) in [6.45, 7) is 0.987. The molecule has 0 fully saturated rings. The highest BCUT2D eigenvalue weighted by molar-refractivity contribution is 8.00. The van der Waals surface area contributed by atoms with Crippen molar-refractivity contribution in [3.05, 3.63) is 34.9 Å². The molecule has 0 aliphatic carbocycles. The number of ketones is 1. The first-order valence-corrected chi connectivity index (χ1v) is 6.64. The molecule has 1 rings (SSSR count). The van der Waals surface area contributed by atoms with Crippen LogP contribution in [0.2, 0.25) is 5.02 Å². The molecule has 0 N–H and O–H groups in total. The average Bonchev–Trinajstić information content (AvgIpc) is 2.24. The van der Waals surface area contributed by atoms with Crippen molar-refractivity contribution in [3.63, 3.8) is 0 Å². The fraction of sp³-hybridized carbons (Fsp3) is 0.417. The quantitative estimate of drug-likeness (QED) is 0.577. The van der Waals surface area contributed by atoms with Crippen LogP contribution < -0.4 is 0 Å². The van der Waals surface area contributed by atoms with Crippen LogP contribution in [0.15, 0.2) is 24.3 Å². The van der Waals surface area contributed by atoms with Gasteiger partial charge in [-0.15, -0.1) is 0 Å². The maximum atomic E-state index is 11.8. The highest BCUT2D eigenvalue weighted by Gasteiger charge is 2.09. The Morgan fingerprint density at radius 1 is 1.38 bits per heavy atom. The molecule has 2 nitrogen and oxygen atoms in total. The molecule has 0 saturated carbocycles. The lowest BCUT2D eigenvalue weighted by Crippen LogP contribution is -2.15. The van der Waals surface area contributed by atoms with E-state index in [1.807, 2.05) is 26.2 Å². The average molecular weight is 258 g/mol. The van der Waals surface area contributed by atoms with E-state index in [0.29, 0.717) is 16.3 Å². The van der Waals surface area contributed by atoms with E-state index in [4.69, 9.17) is 11.6 Å². The van der Waals surface area contributed by atoms with E-state index in [1.165, 1.54) is 0 Å². The zero-order valence-electron chi connectivity index (χ0n) is 9.57. The molecule has 0 amide bonds. The van der Waals surface area contributed by atoms with Gasteiger partial charge in [0, 0.05) is 17.9 Å². The van der Waals surface area contributed by atoms with Crippen LogP contribution in [0.4, 0.5) is 0 Å². The summed E-state index contributed by atoms with van der Waals surface area (Å²) >= 11 is 7.59. The van der Waals surface area contributed by atoms with Gasteiger partial charge in [0.1, 0.15) is 0 Å². The van der Waals surface area contributed by atoms with Crippen molar-refractivity contribution < 1.29 is 4.79 Å². The predicted molar refractivity (Wildman–Crippen MR) is 71.7 cm³/mol. The van der Waals surface area contributed by atoms with Gasteiger partial charge in [-0.05, 0) is 26.2 Å². The molecule has 0 aliphatic rings. The van der Waals surface area contributed by atoms with Crippen molar-refractivity contribution in [2.24, 2.45) is 0 Å². The van der Waals surface area contributed by atoms with Gasteiger partial charge in [0.25, 0.3) is 0 Å². The molecule has 0 spiro atoms. The molecule has 0 bridgehead atoms. The summed E-state index contributed by atoms with van der Waals surface area (Å²) in [5.41, 5.74) is 0.626. The number of halogens is 1. The number of carbonyl (C=O) groups is 1. The van der Waals surface area contributed by atoms with Crippen molar-refractivity contribution in [3.8, 4) is 0 Å². The summed E-state index contributed by atoms with van der Waals surface area (Å²) in [4.78, 5) is 13.9. The second-order valence-corrected chi connectivity index (χ2v) is 5.27. The molecule has 0 radical (unpaired) electrons. The zero-order chi connectivity index (χ0) is 12.0. The normalized spacial score (nSPS) is 10.8. The van der Waals surface area contributed by atoms with Crippen molar-refractivity contribution in [1.82, 2.24) is 4.90 Å². The standard InChI is InChI=1S/C12H16ClNOS/c1-14(2)7-8-16-9-12(15)10-5-3-4-6-11(10)13/h3-6H,7-9H2,1-2H3. The molecule has 0 saturated heterocycles. The molecule has 88 valence electrons. The molecule has 0 aliphatic heterocycles. The molecular formula is C12H16ClNOS. The minimum atomic E-state index is 0.106. The molecular weight excluding hydrogens is 242 g/mol. The third kappa shape index (κ3) is 4.56. The molecule has 0 aromatic heterocycles. The SMILES string of the molecule is CN(C)CCSCC(=O)c1ccccc1Cl. The summed E-state index contributed by atoms with van der Waals surface area (Å²) < 4.78 is 0. The molecule has 0 heterocycles. The van der Waals surface area contributed by atoms with Crippen molar-refractivity contribution >= 4 is 29.1 Å². The Bertz CT molecular complexity index is 355. The second-order valence-electron chi connectivity index (χ2n) is 3.76. The Hall–Kier alpha value is -0.510. The summed E-state index contributed by atoms with van der Waals surface area (Å²) in [5, 5.41) is 0.542. The van der Waals surface area contributed by atoms with Gasteiger partial charge in [0.2, 0.25) is 0 Å². The van der Waals surface area contributed by atoms with Gasteiger partial charge < -0.3 is 4.90 Å². The Morgan fingerprint density at radius 3 is 2.69 bits per heavy atom. The van der Waals surface area contributed by atoms with Crippen LogP contribution in [-0.4, -0.2) is 42.8 Å². The van der Waals surface area contributed by atoms with Crippen LogP contribution in [0, 0.1) is 0 Å².